The highest BCUT2D eigenvalue weighted by molar-refractivity contribution is 6.32. The van der Waals surface area contributed by atoms with Gasteiger partial charge in [0, 0.05) is 37.8 Å². The van der Waals surface area contributed by atoms with Crippen molar-refractivity contribution >= 4 is 46.1 Å². The van der Waals surface area contributed by atoms with E-state index in [2.05, 4.69) is 10.2 Å². The van der Waals surface area contributed by atoms with Crippen LogP contribution in [-0.2, 0) is 4.79 Å². The molecule has 9 nitrogen and oxygen atoms in total. The number of alkyl halides is 3. The molecule has 1 saturated carbocycles. The van der Waals surface area contributed by atoms with Crippen LogP contribution in [0.4, 0.5) is 24.8 Å². The summed E-state index contributed by atoms with van der Waals surface area (Å²) < 4.78 is 36.9. The molecule has 2 aromatic carbocycles. The van der Waals surface area contributed by atoms with E-state index in [-0.39, 0.29) is 5.91 Å². The molecule has 1 amide bonds. The van der Waals surface area contributed by atoms with Crippen LogP contribution < -0.4 is 15.0 Å². The average molecular weight is 552 g/mol. The third kappa shape index (κ3) is 6.55. The van der Waals surface area contributed by atoms with E-state index < -0.39 is 12.1 Å². The first kappa shape index (κ1) is 27.2. The van der Waals surface area contributed by atoms with Crippen molar-refractivity contribution in [3.8, 4) is 5.75 Å². The fourth-order valence-corrected chi connectivity index (χ4v) is 4.09. The predicted molar refractivity (Wildman–Crippen MR) is 136 cm³/mol. The number of carboxylic acid groups (broad SMARTS) is 1. The maximum Gasteiger partial charge on any atom is 0.490 e. The van der Waals surface area contributed by atoms with E-state index >= 15 is 0 Å². The molecule has 1 aromatic heterocycles. The first-order valence-electron chi connectivity index (χ1n) is 11.8. The zero-order valence-corrected chi connectivity index (χ0v) is 21.1. The molecule has 0 unspecified atom stereocenters. The second-order valence-corrected chi connectivity index (χ2v) is 9.14. The molecule has 2 fully saturated rings. The fourth-order valence-electron chi connectivity index (χ4n) is 3.83. The van der Waals surface area contributed by atoms with Gasteiger partial charge in [0.15, 0.2) is 11.6 Å². The van der Waals surface area contributed by atoms with E-state index in [0.29, 0.717) is 48.6 Å². The third-order valence-electron chi connectivity index (χ3n) is 5.98. The van der Waals surface area contributed by atoms with E-state index in [1.807, 2.05) is 29.2 Å². The quantitative estimate of drug-likeness (QED) is 0.478. The van der Waals surface area contributed by atoms with Gasteiger partial charge in [-0.1, -0.05) is 23.7 Å². The lowest BCUT2D eigenvalue weighted by molar-refractivity contribution is -0.192. The summed E-state index contributed by atoms with van der Waals surface area (Å²) in [5.74, 6) is -0.515. The number of aliphatic carboxylic acids is 1. The molecule has 202 valence electrons. The molecule has 1 aliphatic carbocycles. The van der Waals surface area contributed by atoms with Crippen molar-refractivity contribution in [2.75, 3.05) is 43.5 Å². The Morgan fingerprint density at radius 3 is 2.18 bits per heavy atom. The highest BCUT2D eigenvalue weighted by atomic mass is 35.5. The molecule has 3 aromatic rings. The van der Waals surface area contributed by atoms with E-state index in [1.54, 1.807) is 25.3 Å². The fraction of sp³-hybridized carbons (Fsp3) is 0.360. The van der Waals surface area contributed by atoms with E-state index in [1.165, 1.54) is 12.8 Å². The number of piperazine rings is 1. The summed E-state index contributed by atoms with van der Waals surface area (Å²) in [6, 6.07) is 13.6. The van der Waals surface area contributed by atoms with E-state index in [4.69, 9.17) is 36.2 Å². The van der Waals surface area contributed by atoms with Crippen LogP contribution in [0.2, 0.25) is 5.02 Å². The van der Waals surface area contributed by atoms with Crippen LogP contribution in [0, 0.1) is 0 Å². The number of amides is 1. The lowest BCUT2D eigenvalue weighted by Gasteiger charge is -2.36. The zero-order valence-electron chi connectivity index (χ0n) is 20.3. The number of hydrogen-bond acceptors (Lipinski definition) is 7. The molecule has 0 radical (unpaired) electrons. The van der Waals surface area contributed by atoms with Crippen molar-refractivity contribution in [3.05, 3.63) is 53.1 Å². The number of aromatic nitrogens is 2. The van der Waals surface area contributed by atoms with Crippen LogP contribution in [0.1, 0.15) is 23.2 Å². The summed E-state index contributed by atoms with van der Waals surface area (Å²) in [4.78, 5) is 35.7. The van der Waals surface area contributed by atoms with E-state index in [9.17, 15) is 18.0 Å². The maximum absolute atomic E-state index is 13.0. The summed E-state index contributed by atoms with van der Waals surface area (Å²) in [6.45, 7) is 2.61. The lowest BCUT2D eigenvalue weighted by atomic mass is 10.1. The Morgan fingerprint density at radius 1 is 1.05 bits per heavy atom. The summed E-state index contributed by atoms with van der Waals surface area (Å²) in [6.07, 6.45) is -2.75. The smallest absolute Gasteiger partial charge is 0.490 e. The lowest BCUT2D eigenvalue weighted by Crippen LogP contribution is -2.49. The Bertz CT molecular complexity index is 1330. The number of carbonyl (C=O) groups is 2. The second-order valence-electron chi connectivity index (χ2n) is 8.73. The molecule has 0 bridgehead atoms. The van der Waals surface area contributed by atoms with Gasteiger partial charge in [-0.05, 0) is 43.2 Å². The summed E-state index contributed by atoms with van der Waals surface area (Å²) >= 11 is 6.20. The number of para-hydroxylation sites is 2. The van der Waals surface area contributed by atoms with Gasteiger partial charge in [-0.3, -0.25) is 4.79 Å². The Balaban J connectivity index is 0.000000426. The normalized spacial score (nSPS) is 15.5. The minimum atomic E-state index is -5.08. The molecule has 5 rings (SSSR count). The molecule has 0 spiro atoms. The topological polar surface area (TPSA) is 108 Å². The number of benzene rings is 2. The molecular formula is C25H25ClF3N5O4. The van der Waals surface area contributed by atoms with Gasteiger partial charge in [-0.2, -0.15) is 13.2 Å². The van der Waals surface area contributed by atoms with E-state index in [0.717, 1.165) is 22.7 Å². The number of hydrogen-bond donors (Lipinski definition) is 2. The largest absolute Gasteiger partial charge is 0.495 e. The van der Waals surface area contributed by atoms with Crippen molar-refractivity contribution in [2.24, 2.45) is 0 Å². The van der Waals surface area contributed by atoms with Gasteiger partial charge in [0.2, 0.25) is 0 Å². The number of nitrogens with one attached hydrogen (secondary N) is 1. The van der Waals surface area contributed by atoms with Crippen molar-refractivity contribution in [3.63, 3.8) is 0 Å². The Morgan fingerprint density at radius 2 is 1.66 bits per heavy atom. The first-order chi connectivity index (χ1) is 18.1. The first-order valence-corrected chi connectivity index (χ1v) is 12.2. The highest BCUT2D eigenvalue weighted by Crippen LogP contribution is 2.31. The molecule has 2 aliphatic rings. The monoisotopic (exact) mass is 551 g/mol. The van der Waals surface area contributed by atoms with Crippen molar-refractivity contribution in [1.29, 1.82) is 0 Å². The minimum absolute atomic E-state index is 0.0230. The van der Waals surface area contributed by atoms with Crippen LogP contribution in [0.15, 0.2) is 42.5 Å². The van der Waals surface area contributed by atoms with Crippen LogP contribution in [-0.4, -0.2) is 77.4 Å². The molecule has 1 saturated heterocycles. The standard InChI is InChI=1S/C23H24ClN5O2.C2HF3O2/c1-31-20-9-6-15(14-17(20)24)23(30)29-12-10-28(11-13-29)22-21(25-16-7-8-16)26-18-4-2-3-5-19(18)27-22;3-2(4,5)1(6)7/h2-6,9,14,16H,7-8,10-13H2,1H3,(H,25,26);(H,6,7). The van der Waals surface area contributed by atoms with Crippen LogP contribution in [0.3, 0.4) is 0 Å². The SMILES string of the molecule is COc1ccc(C(=O)N2CCN(c3nc4ccccc4nc3NC3CC3)CC2)cc1Cl.O=C(O)C(F)(F)F. The Hall–Kier alpha value is -3.80. The maximum atomic E-state index is 13.0. The number of halogens is 4. The van der Waals surface area contributed by atoms with Gasteiger partial charge < -0.3 is 25.0 Å². The summed E-state index contributed by atoms with van der Waals surface area (Å²) in [7, 11) is 1.56. The molecule has 2 heterocycles. The van der Waals surface area contributed by atoms with Gasteiger partial charge in [0.25, 0.3) is 5.91 Å². The van der Waals surface area contributed by atoms with Crippen LogP contribution in [0.5, 0.6) is 5.75 Å². The minimum Gasteiger partial charge on any atom is -0.495 e. The molecule has 13 heteroatoms. The number of carboxylic acids is 1. The molecule has 1 aliphatic heterocycles. The number of anilines is 2. The Kier molecular flexibility index (Phi) is 8.10. The van der Waals surface area contributed by atoms with Gasteiger partial charge >= 0.3 is 12.1 Å². The van der Waals surface area contributed by atoms with Crippen molar-refractivity contribution in [1.82, 2.24) is 14.9 Å². The highest BCUT2D eigenvalue weighted by Gasteiger charge is 2.38. The molecule has 2 N–H and O–H groups in total. The number of methoxy groups -OCH3 is 1. The number of nitrogens with zero attached hydrogens (tertiary/aromatic N) is 4. The Labute approximate surface area is 221 Å². The van der Waals surface area contributed by atoms with Crippen LogP contribution >= 0.6 is 11.6 Å². The molecule has 38 heavy (non-hydrogen) atoms. The third-order valence-corrected chi connectivity index (χ3v) is 6.27. The van der Waals surface area contributed by atoms with Gasteiger partial charge in [0.05, 0.1) is 23.2 Å². The van der Waals surface area contributed by atoms with Gasteiger partial charge in [0.1, 0.15) is 5.75 Å². The van der Waals surface area contributed by atoms with Crippen LogP contribution in [0.25, 0.3) is 11.0 Å². The second kappa shape index (κ2) is 11.3. The summed E-state index contributed by atoms with van der Waals surface area (Å²) in [5.41, 5.74) is 2.34. The molecular weight excluding hydrogens is 527 g/mol. The number of rotatable bonds is 5. The summed E-state index contributed by atoms with van der Waals surface area (Å²) in [5, 5.41) is 11.1. The van der Waals surface area contributed by atoms with Crippen molar-refractivity contribution in [2.45, 2.75) is 25.1 Å². The predicted octanol–water partition coefficient (Wildman–Crippen LogP) is 4.46. The van der Waals surface area contributed by atoms with Gasteiger partial charge in [-0.25, -0.2) is 14.8 Å². The molecule has 0 atom stereocenters. The van der Waals surface area contributed by atoms with Gasteiger partial charge in [-0.15, -0.1) is 0 Å². The van der Waals surface area contributed by atoms with Crippen molar-refractivity contribution < 1.29 is 32.6 Å². The average Bonchev–Trinajstić information content (AvgIpc) is 3.72. The number of ether oxygens (including phenoxy) is 1. The number of fused-ring (bicyclic) bond motifs is 1. The zero-order chi connectivity index (χ0) is 27.4. The number of carbonyl (C=O) groups excluding carboxylic acids is 1.